The van der Waals surface area contributed by atoms with Crippen LogP contribution in [-0.4, -0.2) is 39.2 Å². The second-order valence-electron chi connectivity index (χ2n) is 5.86. The van der Waals surface area contributed by atoms with Crippen LogP contribution in [0.4, 0.5) is 4.39 Å². The van der Waals surface area contributed by atoms with Crippen LogP contribution in [0.25, 0.3) is 5.65 Å². The summed E-state index contributed by atoms with van der Waals surface area (Å²) in [7, 11) is 0. The molecule has 4 rings (SSSR count). The first-order valence-corrected chi connectivity index (χ1v) is 7.85. The average molecular weight is 328 g/mol. The lowest BCUT2D eigenvalue weighted by Crippen LogP contribution is -2.38. The van der Waals surface area contributed by atoms with E-state index in [1.165, 1.54) is 16.6 Å². The molecule has 0 radical (unpaired) electrons. The lowest BCUT2D eigenvalue weighted by atomic mass is 10.1. The van der Waals surface area contributed by atoms with Crippen LogP contribution in [-0.2, 0) is 11.3 Å². The van der Waals surface area contributed by atoms with Gasteiger partial charge in [0.15, 0.2) is 5.65 Å². The number of rotatable bonds is 3. The molecule has 1 aliphatic heterocycles. The van der Waals surface area contributed by atoms with E-state index in [1.54, 1.807) is 24.4 Å². The fourth-order valence-electron chi connectivity index (χ4n) is 3.06. The minimum atomic E-state index is -0.308. The van der Waals surface area contributed by atoms with Crippen molar-refractivity contribution in [1.29, 1.82) is 0 Å². The molecule has 0 bridgehead atoms. The third-order valence-corrected chi connectivity index (χ3v) is 4.22. The molecule has 1 fully saturated rings. The Morgan fingerprint density at radius 3 is 3.08 bits per heavy atom. The summed E-state index contributed by atoms with van der Waals surface area (Å²) in [6, 6.07) is 9.95. The summed E-state index contributed by atoms with van der Waals surface area (Å²) in [5, 5.41) is 2.82. The topological polar surface area (TPSA) is 62.6 Å². The Bertz CT molecular complexity index is 920. The molecule has 1 aliphatic rings. The monoisotopic (exact) mass is 328 g/mol. The molecule has 1 unspecified atom stereocenters. The summed E-state index contributed by atoms with van der Waals surface area (Å²) in [4.78, 5) is 18.6. The molecule has 1 atom stereocenters. The number of fused-ring (bicyclic) bond motifs is 1. The number of nitrogens with zero attached hydrogens (tertiary/aromatic N) is 3. The maximum Gasteiger partial charge on any atom is 0.272 e. The Labute approximate surface area is 137 Å². The first kappa shape index (κ1) is 15.0. The summed E-state index contributed by atoms with van der Waals surface area (Å²) in [6.45, 7) is 2.34. The van der Waals surface area contributed by atoms with Gasteiger partial charge < -0.3 is 4.74 Å². The molecule has 24 heavy (non-hydrogen) atoms. The molecule has 124 valence electrons. The highest BCUT2D eigenvalue weighted by Gasteiger charge is 2.24. The molecule has 6 nitrogen and oxygen atoms in total. The lowest BCUT2D eigenvalue weighted by Gasteiger charge is -2.33. The number of aromatic nitrogens is 3. The van der Waals surface area contributed by atoms with E-state index in [9.17, 15) is 9.18 Å². The molecule has 2 aromatic heterocycles. The van der Waals surface area contributed by atoms with Crippen molar-refractivity contribution in [3.8, 4) is 0 Å². The zero-order chi connectivity index (χ0) is 16.5. The van der Waals surface area contributed by atoms with Crippen LogP contribution in [0.5, 0.6) is 0 Å². The highest BCUT2D eigenvalue weighted by Crippen LogP contribution is 2.25. The Morgan fingerprint density at radius 2 is 2.21 bits per heavy atom. The molecule has 0 saturated carbocycles. The minimum Gasteiger partial charge on any atom is -0.371 e. The highest BCUT2D eigenvalue weighted by atomic mass is 19.1. The van der Waals surface area contributed by atoms with Crippen LogP contribution >= 0.6 is 0 Å². The summed E-state index contributed by atoms with van der Waals surface area (Å²) < 4.78 is 21.1. The molecule has 0 aliphatic carbocycles. The quantitative estimate of drug-likeness (QED) is 0.795. The van der Waals surface area contributed by atoms with Gasteiger partial charge in [-0.2, -0.15) is 0 Å². The van der Waals surface area contributed by atoms with Crippen molar-refractivity contribution < 1.29 is 9.13 Å². The van der Waals surface area contributed by atoms with E-state index in [2.05, 4.69) is 15.0 Å². The normalized spacial score (nSPS) is 19.0. The number of ether oxygens (including phenoxy) is 1. The molecule has 0 spiro atoms. The molecule has 3 aromatic rings. The Kier molecular flexibility index (Phi) is 3.87. The van der Waals surface area contributed by atoms with Crippen LogP contribution in [0.1, 0.15) is 17.4 Å². The maximum atomic E-state index is 14.0. The van der Waals surface area contributed by atoms with Gasteiger partial charge in [0.2, 0.25) is 0 Å². The third-order valence-electron chi connectivity index (χ3n) is 4.22. The Morgan fingerprint density at radius 1 is 1.33 bits per heavy atom. The minimum absolute atomic E-state index is 0.140. The number of hydrogen-bond donors (Lipinski definition) is 1. The van der Waals surface area contributed by atoms with Gasteiger partial charge in [-0.25, -0.2) is 13.9 Å². The zero-order valence-corrected chi connectivity index (χ0v) is 13.0. The first-order valence-electron chi connectivity index (χ1n) is 7.85. The van der Waals surface area contributed by atoms with Gasteiger partial charge in [0.1, 0.15) is 5.82 Å². The van der Waals surface area contributed by atoms with Crippen molar-refractivity contribution in [2.75, 3.05) is 19.7 Å². The average Bonchev–Trinajstić information content (AvgIpc) is 3.05. The van der Waals surface area contributed by atoms with Crippen molar-refractivity contribution in [2.45, 2.75) is 12.6 Å². The van der Waals surface area contributed by atoms with E-state index in [0.29, 0.717) is 36.6 Å². The predicted molar refractivity (Wildman–Crippen MR) is 86.2 cm³/mol. The van der Waals surface area contributed by atoms with Gasteiger partial charge in [0.25, 0.3) is 5.56 Å². The number of halogens is 1. The van der Waals surface area contributed by atoms with E-state index in [0.717, 1.165) is 6.54 Å². The molecule has 1 aromatic carbocycles. The first-order chi connectivity index (χ1) is 11.7. The largest absolute Gasteiger partial charge is 0.371 e. The fourth-order valence-corrected chi connectivity index (χ4v) is 3.06. The van der Waals surface area contributed by atoms with E-state index in [1.807, 2.05) is 6.07 Å². The summed E-state index contributed by atoms with van der Waals surface area (Å²) >= 11 is 0. The Hall–Kier alpha value is -2.51. The fraction of sp³-hybridized carbons (Fsp3) is 0.294. The SMILES string of the molecule is O=c1cc(CN2CCOC(c3ccccc3F)C2)nc2cc[nH]n12. The Balaban J connectivity index is 1.54. The van der Waals surface area contributed by atoms with Crippen LogP contribution in [0, 0.1) is 5.82 Å². The zero-order valence-electron chi connectivity index (χ0n) is 13.0. The molecule has 3 heterocycles. The molecule has 1 N–H and O–H groups in total. The predicted octanol–water partition coefficient (Wildman–Crippen LogP) is 1.74. The van der Waals surface area contributed by atoms with Gasteiger partial charge >= 0.3 is 0 Å². The standard InChI is InChI=1S/C17H17FN4O2/c18-14-4-2-1-3-13(14)15-11-21(7-8-24-15)10-12-9-17(23)22-16(20-12)5-6-19-22/h1-6,9,15,19H,7-8,10-11H2. The van der Waals surface area contributed by atoms with E-state index >= 15 is 0 Å². The smallest absolute Gasteiger partial charge is 0.272 e. The van der Waals surface area contributed by atoms with Crippen LogP contribution < -0.4 is 5.56 Å². The van der Waals surface area contributed by atoms with Crippen LogP contribution in [0.2, 0.25) is 0 Å². The molecule has 7 heteroatoms. The highest BCUT2D eigenvalue weighted by molar-refractivity contribution is 5.36. The molecule has 1 saturated heterocycles. The van der Waals surface area contributed by atoms with Gasteiger partial charge in [0, 0.05) is 43.5 Å². The van der Waals surface area contributed by atoms with E-state index < -0.39 is 0 Å². The van der Waals surface area contributed by atoms with Gasteiger partial charge in [-0.15, -0.1) is 0 Å². The maximum absolute atomic E-state index is 14.0. The molecule has 0 amide bonds. The number of aromatic amines is 1. The summed E-state index contributed by atoms with van der Waals surface area (Å²) in [6.07, 6.45) is 1.37. The number of nitrogens with one attached hydrogen (secondary N) is 1. The number of benzene rings is 1. The van der Waals surface area contributed by atoms with Crippen LogP contribution in [0.3, 0.4) is 0 Å². The third kappa shape index (κ3) is 2.83. The van der Waals surface area contributed by atoms with Crippen molar-refractivity contribution >= 4 is 5.65 Å². The van der Waals surface area contributed by atoms with Gasteiger partial charge in [0.05, 0.1) is 18.4 Å². The van der Waals surface area contributed by atoms with Crippen molar-refractivity contribution in [3.05, 3.63) is 70.0 Å². The lowest BCUT2D eigenvalue weighted by molar-refractivity contribution is -0.0348. The molecular weight excluding hydrogens is 311 g/mol. The molecular formula is C17H17FN4O2. The summed E-state index contributed by atoms with van der Waals surface area (Å²) in [5.41, 5.74) is 1.72. The van der Waals surface area contributed by atoms with E-state index in [-0.39, 0.29) is 17.5 Å². The van der Waals surface area contributed by atoms with Crippen molar-refractivity contribution in [3.63, 3.8) is 0 Å². The number of hydrogen-bond acceptors (Lipinski definition) is 4. The second-order valence-corrected chi connectivity index (χ2v) is 5.86. The van der Waals surface area contributed by atoms with Gasteiger partial charge in [-0.3, -0.25) is 14.8 Å². The van der Waals surface area contributed by atoms with Crippen LogP contribution in [0.15, 0.2) is 47.4 Å². The van der Waals surface area contributed by atoms with Crippen molar-refractivity contribution in [1.82, 2.24) is 19.5 Å². The van der Waals surface area contributed by atoms with E-state index in [4.69, 9.17) is 4.74 Å². The summed E-state index contributed by atoms with van der Waals surface area (Å²) in [5.74, 6) is -0.255. The van der Waals surface area contributed by atoms with Crippen molar-refractivity contribution in [2.24, 2.45) is 0 Å². The number of morpholine rings is 1. The number of H-pyrrole nitrogens is 1. The second kappa shape index (κ2) is 6.18. The van der Waals surface area contributed by atoms with Gasteiger partial charge in [-0.05, 0) is 6.07 Å². The van der Waals surface area contributed by atoms with Gasteiger partial charge in [-0.1, -0.05) is 18.2 Å².